The molecule has 1 aromatic carbocycles. The zero-order chi connectivity index (χ0) is 15.9. The number of rotatable bonds is 7. The van der Waals surface area contributed by atoms with Gasteiger partial charge in [-0.05, 0) is 25.0 Å². The molecule has 0 saturated heterocycles. The molecular weight excluding hydrogens is 278 g/mol. The molecule has 2 rings (SSSR count). The number of nitrogens with two attached hydrogens (primary N) is 1. The van der Waals surface area contributed by atoms with Crippen LogP contribution in [0, 0.1) is 0 Å². The first-order chi connectivity index (χ1) is 10.7. The highest BCUT2D eigenvalue weighted by Gasteiger charge is 2.11. The van der Waals surface area contributed by atoms with Crippen molar-refractivity contribution in [3.63, 3.8) is 0 Å². The Kier molecular flexibility index (Phi) is 5.55. The SMILES string of the molecule is CCc1ccccc1Nc1ncnc(NC(C)COC)c1N. The average molecular weight is 301 g/mol. The Morgan fingerprint density at radius 1 is 1.23 bits per heavy atom. The first-order valence-electron chi connectivity index (χ1n) is 7.36. The van der Waals surface area contributed by atoms with Gasteiger partial charge in [-0.3, -0.25) is 0 Å². The number of ether oxygens (including phenoxy) is 1. The maximum Gasteiger partial charge on any atom is 0.159 e. The van der Waals surface area contributed by atoms with Crippen LogP contribution in [0.2, 0.25) is 0 Å². The van der Waals surface area contributed by atoms with Gasteiger partial charge in [0.15, 0.2) is 11.6 Å². The molecule has 0 aliphatic rings. The molecule has 1 atom stereocenters. The van der Waals surface area contributed by atoms with Crippen LogP contribution < -0.4 is 16.4 Å². The molecule has 0 spiro atoms. The lowest BCUT2D eigenvalue weighted by Crippen LogP contribution is -2.22. The lowest BCUT2D eigenvalue weighted by atomic mass is 10.1. The van der Waals surface area contributed by atoms with Crippen molar-refractivity contribution in [2.45, 2.75) is 26.3 Å². The number of anilines is 4. The third kappa shape index (κ3) is 3.85. The molecule has 6 heteroatoms. The van der Waals surface area contributed by atoms with E-state index in [0.29, 0.717) is 23.9 Å². The molecule has 4 N–H and O–H groups in total. The van der Waals surface area contributed by atoms with E-state index >= 15 is 0 Å². The van der Waals surface area contributed by atoms with Crippen LogP contribution in [0.15, 0.2) is 30.6 Å². The van der Waals surface area contributed by atoms with Crippen LogP contribution in [0.1, 0.15) is 19.4 Å². The molecule has 0 fully saturated rings. The van der Waals surface area contributed by atoms with Gasteiger partial charge in [0.2, 0.25) is 0 Å². The Balaban J connectivity index is 2.21. The van der Waals surface area contributed by atoms with Crippen LogP contribution in [0.25, 0.3) is 0 Å². The maximum absolute atomic E-state index is 6.18. The van der Waals surface area contributed by atoms with E-state index in [-0.39, 0.29) is 6.04 Å². The van der Waals surface area contributed by atoms with Gasteiger partial charge in [0.1, 0.15) is 12.0 Å². The molecule has 6 nitrogen and oxygen atoms in total. The molecule has 0 aliphatic carbocycles. The predicted molar refractivity (Wildman–Crippen MR) is 90.5 cm³/mol. The molecule has 0 amide bonds. The fourth-order valence-corrected chi connectivity index (χ4v) is 2.21. The van der Waals surface area contributed by atoms with Gasteiger partial charge in [0, 0.05) is 18.8 Å². The van der Waals surface area contributed by atoms with Crippen molar-refractivity contribution in [2.24, 2.45) is 0 Å². The minimum absolute atomic E-state index is 0.109. The normalized spacial score (nSPS) is 12.0. The third-order valence-electron chi connectivity index (χ3n) is 3.34. The zero-order valence-corrected chi connectivity index (χ0v) is 13.3. The summed E-state index contributed by atoms with van der Waals surface area (Å²) < 4.78 is 5.11. The highest BCUT2D eigenvalue weighted by Crippen LogP contribution is 2.27. The smallest absolute Gasteiger partial charge is 0.159 e. The molecule has 118 valence electrons. The number of aromatic nitrogens is 2. The lowest BCUT2D eigenvalue weighted by Gasteiger charge is -2.17. The van der Waals surface area contributed by atoms with Gasteiger partial charge in [-0.15, -0.1) is 0 Å². The van der Waals surface area contributed by atoms with Crippen molar-refractivity contribution in [1.82, 2.24) is 9.97 Å². The Labute approximate surface area is 131 Å². The summed E-state index contributed by atoms with van der Waals surface area (Å²) >= 11 is 0. The van der Waals surface area contributed by atoms with E-state index < -0.39 is 0 Å². The van der Waals surface area contributed by atoms with Gasteiger partial charge in [-0.2, -0.15) is 0 Å². The topological polar surface area (TPSA) is 85.1 Å². The van der Waals surface area contributed by atoms with E-state index in [2.05, 4.69) is 33.6 Å². The highest BCUT2D eigenvalue weighted by atomic mass is 16.5. The molecule has 22 heavy (non-hydrogen) atoms. The molecule has 1 unspecified atom stereocenters. The number of nitrogen functional groups attached to an aromatic ring is 1. The van der Waals surface area contributed by atoms with Crippen molar-refractivity contribution in [2.75, 3.05) is 30.1 Å². The van der Waals surface area contributed by atoms with Crippen LogP contribution in [-0.4, -0.2) is 29.7 Å². The molecule has 1 aromatic heterocycles. The highest BCUT2D eigenvalue weighted by molar-refractivity contribution is 5.78. The summed E-state index contributed by atoms with van der Waals surface area (Å²) in [6.07, 6.45) is 2.43. The van der Waals surface area contributed by atoms with E-state index in [1.165, 1.54) is 11.9 Å². The van der Waals surface area contributed by atoms with E-state index in [0.717, 1.165) is 12.1 Å². The number of para-hydroxylation sites is 1. The number of benzene rings is 1. The molecule has 0 saturated carbocycles. The Morgan fingerprint density at radius 3 is 2.68 bits per heavy atom. The summed E-state index contributed by atoms with van der Waals surface area (Å²) in [6, 6.07) is 8.21. The van der Waals surface area contributed by atoms with Gasteiger partial charge in [0.25, 0.3) is 0 Å². The minimum atomic E-state index is 0.109. The number of methoxy groups -OCH3 is 1. The quantitative estimate of drug-likeness (QED) is 0.729. The first-order valence-corrected chi connectivity index (χ1v) is 7.36. The second-order valence-electron chi connectivity index (χ2n) is 5.12. The zero-order valence-electron chi connectivity index (χ0n) is 13.3. The summed E-state index contributed by atoms with van der Waals surface area (Å²) in [7, 11) is 1.66. The van der Waals surface area contributed by atoms with Crippen molar-refractivity contribution >= 4 is 23.0 Å². The third-order valence-corrected chi connectivity index (χ3v) is 3.34. The monoisotopic (exact) mass is 301 g/mol. The van der Waals surface area contributed by atoms with Gasteiger partial charge < -0.3 is 21.1 Å². The molecule has 0 radical (unpaired) electrons. The molecule has 2 aromatic rings. The van der Waals surface area contributed by atoms with Crippen LogP contribution in [0.3, 0.4) is 0 Å². The lowest BCUT2D eigenvalue weighted by molar-refractivity contribution is 0.190. The second-order valence-corrected chi connectivity index (χ2v) is 5.12. The number of aryl methyl sites for hydroxylation is 1. The van der Waals surface area contributed by atoms with Crippen LogP contribution >= 0.6 is 0 Å². The summed E-state index contributed by atoms with van der Waals surface area (Å²) in [5, 5.41) is 6.51. The summed E-state index contributed by atoms with van der Waals surface area (Å²) in [4.78, 5) is 8.45. The van der Waals surface area contributed by atoms with E-state index in [1.807, 2.05) is 25.1 Å². The average Bonchev–Trinajstić information content (AvgIpc) is 2.52. The Bertz CT molecular complexity index is 617. The predicted octanol–water partition coefficient (Wildman–Crippen LogP) is 2.81. The van der Waals surface area contributed by atoms with Crippen molar-refractivity contribution in [1.29, 1.82) is 0 Å². The van der Waals surface area contributed by atoms with Crippen molar-refractivity contribution in [3.05, 3.63) is 36.2 Å². The molecule has 1 heterocycles. The summed E-state index contributed by atoms with van der Waals surface area (Å²) in [5.74, 6) is 1.21. The van der Waals surface area contributed by atoms with E-state index in [1.54, 1.807) is 7.11 Å². The number of nitrogens with zero attached hydrogens (tertiary/aromatic N) is 2. The number of nitrogens with one attached hydrogen (secondary N) is 2. The van der Waals surface area contributed by atoms with Crippen LogP contribution in [0.5, 0.6) is 0 Å². The largest absolute Gasteiger partial charge is 0.393 e. The van der Waals surface area contributed by atoms with Crippen molar-refractivity contribution in [3.8, 4) is 0 Å². The number of hydrogen-bond acceptors (Lipinski definition) is 6. The van der Waals surface area contributed by atoms with Gasteiger partial charge in [-0.1, -0.05) is 25.1 Å². The molecule has 0 bridgehead atoms. The minimum Gasteiger partial charge on any atom is -0.393 e. The van der Waals surface area contributed by atoms with Crippen LogP contribution in [-0.2, 0) is 11.2 Å². The Morgan fingerprint density at radius 2 is 1.95 bits per heavy atom. The first kappa shape index (κ1) is 16.0. The van der Waals surface area contributed by atoms with Gasteiger partial charge >= 0.3 is 0 Å². The fourth-order valence-electron chi connectivity index (χ4n) is 2.21. The molecule has 0 aliphatic heterocycles. The summed E-state index contributed by atoms with van der Waals surface area (Å²) in [5.41, 5.74) is 8.89. The Hall–Kier alpha value is -2.34. The van der Waals surface area contributed by atoms with E-state index in [9.17, 15) is 0 Å². The standard InChI is InChI=1S/C16H23N5O/c1-4-12-7-5-6-8-13(12)21-16-14(17)15(18-10-19-16)20-11(2)9-22-3/h5-8,10-11H,4,9,17H2,1-3H3,(H2,18,19,20,21). The van der Waals surface area contributed by atoms with E-state index in [4.69, 9.17) is 10.5 Å². The van der Waals surface area contributed by atoms with Gasteiger partial charge in [0.05, 0.1) is 6.61 Å². The maximum atomic E-state index is 6.18. The molecular formula is C16H23N5O. The van der Waals surface area contributed by atoms with Crippen molar-refractivity contribution < 1.29 is 4.74 Å². The van der Waals surface area contributed by atoms with Gasteiger partial charge in [-0.25, -0.2) is 9.97 Å². The summed E-state index contributed by atoms with van der Waals surface area (Å²) in [6.45, 7) is 4.69. The number of hydrogen-bond donors (Lipinski definition) is 3. The fraction of sp³-hybridized carbons (Fsp3) is 0.375. The second kappa shape index (κ2) is 7.61. The van der Waals surface area contributed by atoms with Crippen LogP contribution in [0.4, 0.5) is 23.0 Å².